The van der Waals surface area contributed by atoms with Crippen molar-refractivity contribution in [1.82, 2.24) is 9.21 Å². The molecular formula is C19H25N3O4S. The molecule has 2 aliphatic rings. The van der Waals surface area contributed by atoms with E-state index in [0.717, 1.165) is 24.2 Å². The van der Waals surface area contributed by atoms with Crippen LogP contribution in [0, 0.1) is 0 Å². The Labute approximate surface area is 160 Å². The highest BCUT2D eigenvalue weighted by Crippen LogP contribution is 2.22. The summed E-state index contributed by atoms with van der Waals surface area (Å²) < 4.78 is 25.2. The van der Waals surface area contributed by atoms with E-state index in [1.54, 1.807) is 22.8 Å². The van der Waals surface area contributed by atoms with E-state index in [2.05, 4.69) is 0 Å². The first kappa shape index (κ1) is 19.6. The van der Waals surface area contributed by atoms with Crippen molar-refractivity contribution < 1.29 is 18.0 Å². The fraction of sp³-hybridized carbons (Fsp3) is 0.474. The summed E-state index contributed by atoms with van der Waals surface area (Å²) in [5.74, 6) is 0.111. The first-order chi connectivity index (χ1) is 12.9. The molecule has 0 aliphatic carbocycles. The van der Waals surface area contributed by atoms with Crippen molar-refractivity contribution >= 4 is 33.6 Å². The van der Waals surface area contributed by atoms with Gasteiger partial charge in [-0.1, -0.05) is 12.1 Å². The monoisotopic (exact) mass is 391 g/mol. The third kappa shape index (κ3) is 4.56. The predicted octanol–water partition coefficient (Wildman–Crippen LogP) is 1.32. The van der Waals surface area contributed by atoms with Gasteiger partial charge < -0.3 is 9.80 Å². The van der Waals surface area contributed by atoms with Crippen LogP contribution in [0.15, 0.2) is 30.3 Å². The fourth-order valence-corrected chi connectivity index (χ4v) is 4.41. The zero-order valence-electron chi connectivity index (χ0n) is 15.5. The molecular weight excluding hydrogens is 366 g/mol. The summed E-state index contributed by atoms with van der Waals surface area (Å²) in [6.45, 7) is 3.87. The van der Waals surface area contributed by atoms with Crippen LogP contribution in [-0.4, -0.2) is 67.9 Å². The Morgan fingerprint density at radius 1 is 1.07 bits per heavy atom. The molecule has 2 aliphatic heterocycles. The van der Waals surface area contributed by atoms with Gasteiger partial charge in [-0.25, -0.2) is 8.42 Å². The van der Waals surface area contributed by atoms with Crippen LogP contribution in [0.1, 0.15) is 25.3 Å². The number of benzene rings is 1. The van der Waals surface area contributed by atoms with Crippen LogP contribution < -0.4 is 4.90 Å². The largest absolute Gasteiger partial charge is 0.337 e. The molecule has 0 aromatic heterocycles. The van der Waals surface area contributed by atoms with Gasteiger partial charge >= 0.3 is 0 Å². The lowest BCUT2D eigenvalue weighted by Crippen LogP contribution is -2.50. The number of hydrogen-bond donors (Lipinski definition) is 0. The zero-order chi connectivity index (χ0) is 19.4. The summed E-state index contributed by atoms with van der Waals surface area (Å²) in [6.07, 6.45) is 4.75. The second-order valence-electron chi connectivity index (χ2n) is 6.70. The average molecular weight is 391 g/mol. The second kappa shape index (κ2) is 8.22. The number of carbonyl (C=O) groups is 2. The smallest absolute Gasteiger partial charge is 0.246 e. The minimum Gasteiger partial charge on any atom is -0.337 e. The van der Waals surface area contributed by atoms with Crippen LogP contribution in [0.25, 0.3) is 6.08 Å². The Kier molecular flexibility index (Phi) is 5.96. The Bertz CT molecular complexity index is 825. The highest BCUT2D eigenvalue weighted by Gasteiger charge is 2.26. The molecule has 3 rings (SSSR count). The molecule has 2 fully saturated rings. The van der Waals surface area contributed by atoms with E-state index in [9.17, 15) is 18.0 Å². The highest BCUT2D eigenvalue weighted by atomic mass is 32.2. The lowest BCUT2D eigenvalue weighted by Gasteiger charge is -2.33. The predicted molar refractivity (Wildman–Crippen MR) is 105 cm³/mol. The van der Waals surface area contributed by atoms with Crippen LogP contribution in [0.5, 0.6) is 0 Å². The van der Waals surface area contributed by atoms with Gasteiger partial charge in [-0.15, -0.1) is 0 Å². The summed E-state index contributed by atoms with van der Waals surface area (Å²) in [5, 5.41) is 0. The van der Waals surface area contributed by atoms with Crippen molar-refractivity contribution in [3.63, 3.8) is 0 Å². The molecule has 8 heteroatoms. The maximum atomic E-state index is 12.3. The van der Waals surface area contributed by atoms with Gasteiger partial charge in [0.1, 0.15) is 0 Å². The highest BCUT2D eigenvalue weighted by molar-refractivity contribution is 7.89. The summed E-state index contributed by atoms with van der Waals surface area (Å²) in [4.78, 5) is 27.6. The number of carbonyl (C=O) groups excluding carboxylic acids is 2. The molecule has 1 aromatic rings. The topological polar surface area (TPSA) is 78.0 Å². The lowest BCUT2D eigenvalue weighted by atomic mass is 10.2. The van der Waals surface area contributed by atoms with E-state index in [-0.39, 0.29) is 17.6 Å². The molecule has 0 unspecified atom stereocenters. The molecule has 2 amide bonds. The molecule has 0 bridgehead atoms. The Morgan fingerprint density at radius 3 is 2.30 bits per heavy atom. The number of amides is 2. The van der Waals surface area contributed by atoms with Crippen molar-refractivity contribution in [2.24, 2.45) is 0 Å². The maximum Gasteiger partial charge on any atom is 0.246 e. The molecule has 0 spiro atoms. The van der Waals surface area contributed by atoms with Crippen molar-refractivity contribution in [3.05, 3.63) is 35.9 Å². The lowest BCUT2D eigenvalue weighted by molar-refractivity contribution is -0.127. The number of nitrogens with zero attached hydrogens (tertiary/aromatic N) is 3. The number of rotatable bonds is 5. The van der Waals surface area contributed by atoms with Crippen LogP contribution in [0.3, 0.4) is 0 Å². The number of hydrogen-bond acceptors (Lipinski definition) is 4. The van der Waals surface area contributed by atoms with Crippen molar-refractivity contribution in [2.45, 2.75) is 19.8 Å². The molecule has 0 atom stereocenters. The first-order valence-electron chi connectivity index (χ1n) is 9.26. The van der Waals surface area contributed by atoms with Crippen LogP contribution >= 0.6 is 0 Å². The molecule has 0 N–H and O–H groups in total. The molecule has 0 radical (unpaired) electrons. The van der Waals surface area contributed by atoms with E-state index in [4.69, 9.17) is 0 Å². The SMILES string of the molecule is CCS(=O)(=O)N1CCN(C(=O)/C=C/c2ccc(N3CCCC3=O)cc2)CC1. The number of sulfonamides is 1. The van der Waals surface area contributed by atoms with Gasteiger partial charge in [0, 0.05) is 50.9 Å². The molecule has 2 saturated heterocycles. The minimum atomic E-state index is -3.19. The summed E-state index contributed by atoms with van der Waals surface area (Å²) in [6, 6.07) is 7.55. The van der Waals surface area contributed by atoms with Crippen molar-refractivity contribution in [1.29, 1.82) is 0 Å². The van der Waals surface area contributed by atoms with Gasteiger partial charge in [-0.3, -0.25) is 9.59 Å². The third-order valence-corrected chi connectivity index (χ3v) is 6.89. The van der Waals surface area contributed by atoms with E-state index in [1.165, 1.54) is 10.4 Å². The van der Waals surface area contributed by atoms with Gasteiger partial charge in [0.25, 0.3) is 0 Å². The van der Waals surface area contributed by atoms with Gasteiger partial charge in [0.2, 0.25) is 21.8 Å². The van der Waals surface area contributed by atoms with E-state index >= 15 is 0 Å². The van der Waals surface area contributed by atoms with Gasteiger partial charge in [0.05, 0.1) is 5.75 Å². The molecule has 0 saturated carbocycles. The molecule has 1 aromatic carbocycles. The molecule has 146 valence electrons. The second-order valence-corrected chi connectivity index (χ2v) is 8.96. The molecule has 27 heavy (non-hydrogen) atoms. The van der Waals surface area contributed by atoms with Gasteiger partial charge in [0.15, 0.2) is 0 Å². The number of anilines is 1. The van der Waals surface area contributed by atoms with Crippen molar-refractivity contribution in [3.8, 4) is 0 Å². The Hall–Kier alpha value is -2.19. The van der Waals surface area contributed by atoms with Gasteiger partial charge in [-0.2, -0.15) is 4.31 Å². The van der Waals surface area contributed by atoms with E-state index < -0.39 is 10.0 Å². The summed E-state index contributed by atoms with van der Waals surface area (Å²) in [7, 11) is -3.19. The first-order valence-corrected chi connectivity index (χ1v) is 10.9. The van der Waals surface area contributed by atoms with Gasteiger partial charge in [-0.05, 0) is 37.1 Å². The van der Waals surface area contributed by atoms with E-state index in [0.29, 0.717) is 32.6 Å². The zero-order valence-corrected chi connectivity index (χ0v) is 16.3. The normalized spacial score (nSPS) is 19.2. The summed E-state index contributed by atoms with van der Waals surface area (Å²) >= 11 is 0. The number of piperazine rings is 1. The Morgan fingerprint density at radius 2 is 1.74 bits per heavy atom. The van der Waals surface area contributed by atoms with E-state index in [1.807, 2.05) is 24.3 Å². The molecule has 2 heterocycles. The van der Waals surface area contributed by atoms with Crippen LogP contribution in [0.4, 0.5) is 5.69 Å². The Balaban J connectivity index is 1.55. The third-order valence-electron chi connectivity index (χ3n) is 5.01. The summed E-state index contributed by atoms with van der Waals surface area (Å²) in [5.41, 5.74) is 1.76. The standard InChI is InChI=1S/C19H25N3O4S/c1-2-27(25,26)21-14-12-20(13-15-21)18(23)10-7-16-5-8-17(9-6-16)22-11-3-4-19(22)24/h5-10H,2-4,11-15H2,1H3/b10-7+. The van der Waals surface area contributed by atoms with Crippen LogP contribution in [0.2, 0.25) is 0 Å². The quantitative estimate of drug-likeness (QED) is 0.710. The maximum absolute atomic E-state index is 12.3. The minimum absolute atomic E-state index is 0.0832. The van der Waals surface area contributed by atoms with Crippen molar-refractivity contribution in [2.75, 3.05) is 43.4 Å². The molecule has 7 nitrogen and oxygen atoms in total. The van der Waals surface area contributed by atoms with Crippen LogP contribution in [-0.2, 0) is 19.6 Å². The average Bonchev–Trinajstić information content (AvgIpc) is 3.12. The fourth-order valence-electron chi connectivity index (χ4n) is 3.33.